The molecule has 6 nitrogen and oxygen atoms in total. The van der Waals surface area contributed by atoms with Gasteiger partial charge < -0.3 is 20.3 Å². The number of carbonyl (C=O) groups is 2. The molecule has 2 amide bonds. The number of benzene rings is 2. The lowest BCUT2D eigenvalue weighted by molar-refractivity contribution is -0.117. The van der Waals surface area contributed by atoms with Crippen LogP contribution in [0.4, 0.5) is 5.69 Å². The third kappa shape index (κ3) is 5.07. The van der Waals surface area contributed by atoms with Gasteiger partial charge in [-0.15, -0.1) is 0 Å². The van der Waals surface area contributed by atoms with E-state index in [1.165, 1.54) is 4.90 Å². The van der Waals surface area contributed by atoms with E-state index in [2.05, 4.69) is 10.6 Å². The lowest BCUT2D eigenvalue weighted by Crippen LogP contribution is -2.36. The molecule has 0 aliphatic rings. The van der Waals surface area contributed by atoms with Crippen LogP contribution in [0.15, 0.2) is 48.5 Å². The van der Waals surface area contributed by atoms with Gasteiger partial charge in [0.2, 0.25) is 5.91 Å². The van der Waals surface area contributed by atoms with Crippen molar-refractivity contribution in [2.75, 3.05) is 39.2 Å². The molecule has 0 fully saturated rings. The van der Waals surface area contributed by atoms with Crippen LogP contribution >= 0.6 is 0 Å². The van der Waals surface area contributed by atoms with Gasteiger partial charge in [-0.2, -0.15) is 0 Å². The Morgan fingerprint density at radius 2 is 1.77 bits per heavy atom. The van der Waals surface area contributed by atoms with Crippen LogP contribution in [-0.4, -0.2) is 46.1 Å². The molecule has 2 rings (SSSR count). The third-order valence-corrected chi connectivity index (χ3v) is 4.07. The van der Waals surface area contributed by atoms with Crippen LogP contribution in [0.5, 0.6) is 5.75 Å². The first-order valence-corrected chi connectivity index (χ1v) is 8.48. The summed E-state index contributed by atoms with van der Waals surface area (Å²) < 4.78 is 5.14. The molecule has 6 heteroatoms. The topological polar surface area (TPSA) is 70.7 Å². The maximum Gasteiger partial charge on any atom is 0.253 e. The Balaban J connectivity index is 1.99. The second kappa shape index (κ2) is 9.58. The van der Waals surface area contributed by atoms with Crippen molar-refractivity contribution in [1.82, 2.24) is 10.6 Å². The van der Waals surface area contributed by atoms with Gasteiger partial charge in [-0.1, -0.05) is 24.3 Å². The van der Waals surface area contributed by atoms with Gasteiger partial charge in [0.1, 0.15) is 5.75 Å². The van der Waals surface area contributed by atoms with E-state index in [1.807, 2.05) is 30.3 Å². The molecule has 2 N–H and O–H groups in total. The number of likely N-dealkylation sites (N-methyl/N-ethyl adjacent to an activating group) is 2. The molecule has 0 saturated carbocycles. The van der Waals surface area contributed by atoms with Gasteiger partial charge in [-0.05, 0) is 43.3 Å². The summed E-state index contributed by atoms with van der Waals surface area (Å²) in [4.78, 5) is 26.1. The molecular formula is C20H25N3O3. The third-order valence-electron chi connectivity index (χ3n) is 4.07. The van der Waals surface area contributed by atoms with E-state index < -0.39 is 0 Å². The largest absolute Gasteiger partial charge is 0.497 e. The Morgan fingerprint density at radius 3 is 2.42 bits per heavy atom. The summed E-state index contributed by atoms with van der Waals surface area (Å²) in [6.45, 7) is 0.720. The van der Waals surface area contributed by atoms with Gasteiger partial charge in [0, 0.05) is 13.6 Å². The fourth-order valence-electron chi connectivity index (χ4n) is 2.57. The van der Waals surface area contributed by atoms with Crippen LogP contribution in [-0.2, 0) is 11.2 Å². The smallest absolute Gasteiger partial charge is 0.253 e. The Kier molecular flexibility index (Phi) is 7.17. The zero-order valence-electron chi connectivity index (χ0n) is 15.4. The minimum absolute atomic E-state index is 0.106. The second-order valence-electron chi connectivity index (χ2n) is 5.85. The Morgan fingerprint density at radius 1 is 1.08 bits per heavy atom. The summed E-state index contributed by atoms with van der Waals surface area (Å²) in [7, 11) is 5.01. The van der Waals surface area contributed by atoms with Crippen molar-refractivity contribution in [3.8, 4) is 5.75 Å². The van der Waals surface area contributed by atoms with E-state index in [4.69, 9.17) is 4.74 Å². The van der Waals surface area contributed by atoms with E-state index in [0.29, 0.717) is 24.2 Å². The number of anilines is 1. The maximum absolute atomic E-state index is 12.6. The van der Waals surface area contributed by atoms with Crippen molar-refractivity contribution in [2.45, 2.75) is 6.42 Å². The predicted octanol–water partition coefficient (Wildman–Crippen LogP) is 1.85. The first-order chi connectivity index (χ1) is 12.6. The first-order valence-electron chi connectivity index (χ1n) is 8.48. The van der Waals surface area contributed by atoms with Crippen molar-refractivity contribution in [3.05, 3.63) is 59.7 Å². The summed E-state index contributed by atoms with van der Waals surface area (Å²) in [5.74, 6) is 0.505. The summed E-state index contributed by atoms with van der Waals surface area (Å²) in [5, 5.41) is 5.75. The highest BCUT2D eigenvalue weighted by molar-refractivity contribution is 6.04. The van der Waals surface area contributed by atoms with Crippen LogP contribution in [0.2, 0.25) is 0 Å². The average Bonchev–Trinajstić information content (AvgIpc) is 2.68. The molecule has 0 saturated heterocycles. The zero-order valence-corrected chi connectivity index (χ0v) is 15.4. The highest BCUT2D eigenvalue weighted by Gasteiger charge is 2.17. The quantitative estimate of drug-likeness (QED) is 0.758. The molecule has 138 valence electrons. The molecule has 0 aromatic heterocycles. The minimum Gasteiger partial charge on any atom is -0.497 e. The number of nitrogens with zero attached hydrogens (tertiary/aromatic N) is 1. The summed E-state index contributed by atoms with van der Waals surface area (Å²) in [6.07, 6.45) is 0.715. The summed E-state index contributed by atoms with van der Waals surface area (Å²) in [5.41, 5.74) is 2.18. The van der Waals surface area contributed by atoms with Crippen LogP contribution in [0.3, 0.4) is 0 Å². The lowest BCUT2D eigenvalue weighted by Gasteiger charge is -2.20. The number of para-hydroxylation sites is 1. The molecule has 0 radical (unpaired) electrons. The normalized spacial score (nSPS) is 10.3. The molecule has 26 heavy (non-hydrogen) atoms. The van der Waals surface area contributed by atoms with Gasteiger partial charge in [-0.3, -0.25) is 9.59 Å². The molecule has 0 bridgehead atoms. The highest BCUT2D eigenvalue weighted by atomic mass is 16.5. The van der Waals surface area contributed by atoms with E-state index >= 15 is 0 Å². The number of carbonyl (C=O) groups excluding carboxylic acids is 2. The molecule has 0 unspecified atom stereocenters. The highest BCUT2D eigenvalue weighted by Crippen LogP contribution is 2.19. The number of nitrogens with one attached hydrogen (secondary N) is 2. The Labute approximate surface area is 154 Å². The van der Waals surface area contributed by atoms with E-state index in [-0.39, 0.29) is 18.4 Å². The summed E-state index contributed by atoms with van der Waals surface area (Å²) in [6, 6.07) is 14.8. The number of amides is 2. The van der Waals surface area contributed by atoms with Crippen LogP contribution < -0.4 is 20.3 Å². The SMILES string of the molecule is CNCC(=O)N(C)c1ccccc1C(=O)NCCc1ccc(OC)cc1. The van der Waals surface area contributed by atoms with Crippen molar-refractivity contribution < 1.29 is 14.3 Å². The second-order valence-corrected chi connectivity index (χ2v) is 5.85. The van der Waals surface area contributed by atoms with Gasteiger partial charge in [-0.25, -0.2) is 0 Å². The summed E-state index contributed by atoms with van der Waals surface area (Å²) >= 11 is 0. The fraction of sp³-hybridized carbons (Fsp3) is 0.300. The first kappa shape index (κ1) is 19.5. The molecule has 0 atom stereocenters. The fourth-order valence-corrected chi connectivity index (χ4v) is 2.57. The lowest BCUT2D eigenvalue weighted by atomic mass is 10.1. The number of ether oxygens (including phenoxy) is 1. The average molecular weight is 355 g/mol. The molecular weight excluding hydrogens is 330 g/mol. The number of rotatable bonds is 8. The van der Waals surface area contributed by atoms with Crippen molar-refractivity contribution >= 4 is 17.5 Å². The molecule has 2 aromatic rings. The molecule has 0 aliphatic heterocycles. The maximum atomic E-state index is 12.6. The number of methoxy groups -OCH3 is 1. The number of hydrogen-bond donors (Lipinski definition) is 2. The van der Waals surface area contributed by atoms with Crippen molar-refractivity contribution in [3.63, 3.8) is 0 Å². The molecule has 0 spiro atoms. The van der Waals surface area contributed by atoms with Crippen LogP contribution in [0.1, 0.15) is 15.9 Å². The van der Waals surface area contributed by atoms with E-state index in [0.717, 1.165) is 11.3 Å². The van der Waals surface area contributed by atoms with Gasteiger partial charge in [0.25, 0.3) is 5.91 Å². The van der Waals surface area contributed by atoms with Crippen LogP contribution in [0, 0.1) is 0 Å². The van der Waals surface area contributed by atoms with Gasteiger partial charge >= 0.3 is 0 Å². The number of hydrogen-bond acceptors (Lipinski definition) is 4. The van der Waals surface area contributed by atoms with Gasteiger partial charge in [0.05, 0.1) is 24.9 Å². The predicted molar refractivity (Wildman–Crippen MR) is 103 cm³/mol. The standard InChI is InChI=1S/C20H25N3O3/c1-21-14-19(24)23(2)18-7-5-4-6-17(18)20(25)22-13-12-15-8-10-16(26-3)11-9-15/h4-11,21H,12-14H2,1-3H3,(H,22,25). The van der Waals surface area contributed by atoms with Crippen LogP contribution in [0.25, 0.3) is 0 Å². The molecule has 0 heterocycles. The van der Waals surface area contributed by atoms with E-state index in [1.54, 1.807) is 39.4 Å². The monoisotopic (exact) mass is 355 g/mol. The Bertz CT molecular complexity index is 744. The van der Waals surface area contributed by atoms with Gasteiger partial charge in [0.15, 0.2) is 0 Å². The zero-order chi connectivity index (χ0) is 18.9. The van der Waals surface area contributed by atoms with Crippen molar-refractivity contribution in [2.24, 2.45) is 0 Å². The Hall–Kier alpha value is -2.86. The molecule has 0 aliphatic carbocycles. The molecule has 2 aromatic carbocycles. The minimum atomic E-state index is -0.196. The van der Waals surface area contributed by atoms with E-state index in [9.17, 15) is 9.59 Å². The van der Waals surface area contributed by atoms with Crippen molar-refractivity contribution in [1.29, 1.82) is 0 Å².